The largest absolute Gasteiger partial charge is 0.494 e. The molecule has 0 atom stereocenters. The number of rotatable bonds is 11. The van der Waals surface area contributed by atoms with Crippen LogP contribution >= 0.6 is 0 Å². The molecule has 1 amide bonds. The van der Waals surface area contributed by atoms with Gasteiger partial charge in [0.2, 0.25) is 5.91 Å². The molecule has 0 bridgehead atoms. The minimum Gasteiger partial charge on any atom is -0.494 e. The topological polar surface area (TPSA) is 84.9 Å². The summed E-state index contributed by atoms with van der Waals surface area (Å²) in [5.74, 6) is 0.858. The van der Waals surface area contributed by atoms with E-state index in [9.17, 15) is 13.2 Å². The first-order valence-electron chi connectivity index (χ1n) is 11.1. The quantitative estimate of drug-likeness (QED) is 0.416. The third-order valence-corrected chi connectivity index (χ3v) is 6.83. The van der Waals surface area contributed by atoms with Crippen molar-refractivity contribution in [3.8, 4) is 11.5 Å². The molecule has 3 rings (SSSR count). The molecule has 0 saturated heterocycles. The minimum absolute atomic E-state index is 0.0760. The van der Waals surface area contributed by atoms with Crippen molar-refractivity contribution in [3.05, 3.63) is 83.9 Å². The third-order valence-electron chi connectivity index (χ3n) is 5.05. The highest BCUT2D eigenvalue weighted by Crippen LogP contribution is 2.25. The minimum atomic E-state index is -3.99. The van der Waals surface area contributed by atoms with E-state index >= 15 is 0 Å². The number of ether oxygens (including phenoxy) is 2. The molecule has 0 spiro atoms. The van der Waals surface area contributed by atoms with Gasteiger partial charge in [-0.05, 0) is 69.3 Å². The fourth-order valence-corrected chi connectivity index (χ4v) is 4.63. The second-order valence-corrected chi connectivity index (χ2v) is 9.63. The molecule has 0 radical (unpaired) electrons. The van der Waals surface area contributed by atoms with E-state index in [2.05, 4.69) is 5.32 Å². The molecule has 180 valence electrons. The Morgan fingerprint density at radius 1 is 0.824 bits per heavy atom. The normalized spacial score (nSPS) is 11.0. The van der Waals surface area contributed by atoms with E-state index in [0.29, 0.717) is 23.8 Å². The average Bonchev–Trinajstić information content (AvgIpc) is 2.83. The lowest BCUT2D eigenvalue weighted by Gasteiger charge is -2.24. The number of aryl methyl sites for hydroxylation is 2. The van der Waals surface area contributed by atoms with E-state index in [4.69, 9.17) is 9.47 Å². The zero-order valence-corrected chi connectivity index (χ0v) is 20.5. The number of nitrogens with zero attached hydrogens (tertiary/aromatic N) is 1. The Balaban J connectivity index is 1.70. The number of nitrogens with one attached hydrogen (secondary N) is 1. The smallest absolute Gasteiger partial charge is 0.264 e. The van der Waals surface area contributed by atoms with Gasteiger partial charge in [-0.2, -0.15) is 0 Å². The summed E-state index contributed by atoms with van der Waals surface area (Å²) in [6.07, 6.45) is 0. The summed E-state index contributed by atoms with van der Waals surface area (Å²) < 4.78 is 39.0. The molecule has 0 aliphatic rings. The molecule has 0 fully saturated rings. The number of carbonyl (C=O) groups is 1. The van der Waals surface area contributed by atoms with E-state index in [1.807, 2.05) is 57.2 Å². The lowest BCUT2D eigenvalue weighted by Crippen LogP contribution is -2.41. The van der Waals surface area contributed by atoms with Crippen LogP contribution in [0.1, 0.15) is 18.1 Å². The van der Waals surface area contributed by atoms with Gasteiger partial charge in [-0.25, -0.2) is 8.42 Å². The maximum atomic E-state index is 13.4. The van der Waals surface area contributed by atoms with Gasteiger partial charge in [0.15, 0.2) is 0 Å². The Morgan fingerprint density at radius 3 is 1.94 bits per heavy atom. The first kappa shape index (κ1) is 25.1. The summed E-state index contributed by atoms with van der Waals surface area (Å²) in [4.78, 5) is 12.8. The Kier molecular flexibility index (Phi) is 8.54. The van der Waals surface area contributed by atoms with Crippen molar-refractivity contribution in [3.63, 3.8) is 0 Å². The fraction of sp³-hybridized carbons (Fsp3) is 0.269. The van der Waals surface area contributed by atoms with Gasteiger partial charge < -0.3 is 14.8 Å². The van der Waals surface area contributed by atoms with Crippen LogP contribution in [0.4, 0.5) is 5.69 Å². The molecule has 7 nitrogen and oxygen atoms in total. The van der Waals surface area contributed by atoms with E-state index in [-0.39, 0.29) is 24.6 Å². The van der Waals surface area contributed by atoms with Crippen LogP contribution in [0.25, 0.3) is 0 Å². The number of benzene rings is 3. The van der Waals surface area contributed by atoms with Crippen LogP contribution in [-0.2, 0) is 14.8 Å². The maximum absolute atomic E-state index is 13.4. The van der Waals surface area contributed by atoms with Gasteiger partial charge >= 0.3 is 0 Å². The van der Waals surface area contributed by atoms with Crippen LogP contribution in [0.15, 0.2) is 77.7 Å². The van der Waals surface area contributed by atoms with Crippen molar-refractivity contribution in [2.24, 2.45) is 0 Å². The van der Waals surface area contributed by atoms with Crippen LogP contribution < -0.4 is 19.1 Å². The molecular weight excluding hydrogens is 452 g/mol. The van der Waals surface area contributed by atoms with E-state index in [0.717, 1.165) is 15.4 Å². The SMILES string of the molecule is CCOc1ccc(S(=O)(=O)N(CC(=O)NCCOc2ccc(C)cc2)c2ccc(C)cc2)cc1. The Bertz CT molecular complexity index is 1180. The first-order valence-corrected chi connectivity index (χ1v) is 12.5. The molecule has 0 aliphatic heterocycles. The maximum Gasteiger partial charge on any atom is 0.264 e. The van der Waals surface area contributed by atoms with Crippen LogP contribution in [0, 0.1) is 13.8 Å². The predicted octanol–water partition coefficient (Wildman–Crippen LogP) is 4.09. The summed E-state index contributed by atoms with van der Waals surface area (Å²) in [6, 6.07) is 20.8. The number of amides is 1. The second kappa shape index (κ2) is 11.6. The molecular formula is C26H30N2O5S. The lowest BCUT2D eigenvalue weighted by molar-refractivity contribution is -0.119. The Labute approximate surface area is 201 Å². The third kappa shape index (κ3) is 6.74. The first-order chi connectivity index (χ1) is 16.3. The van der Waals surface area contributed by atoms with Crippen LogP contribution in [0.5, 0.6) is 11.5 Å². The molecule has 3 aromatic carbocycles. The van der Waals surface area contributed by atoms with Crippen LogP contribution in [0.3, 0.4) is 0 Å². The highest BCUT2D eigenvalue weighted by Gasteiger charge is 2.27. The molecule has 0 aliphatic carbocycles. The Hall–Kier alpha value is -3.52. The van der Waals surface area contributed by atoms with Gasteiger partial charge in [0.05, 0.1) is 23.7 Å². The van der Waals surface area contributed by atoms with Crippen molar-refractivity contribution < 1.29 is 22.7 Å². The zero-order chi connectivity index (χ0) is 24.6. The van der Waals surface area contributed by atoms with Gasteiger partial charge in [-0.1, -0.05) is 35.4 Å². The lowest BCUT2D eigenvalue weighted by atomic mass is 10.2. The Morgan fingerprint density at radius 2 is 1.35 bits per heavy atom. The number of anilines is 1. The van der Waals surface area contributed by atoms with Crippen LogP contribution in [-0.4, -0.2) is 40.6 Å². The van der Waals surface area contributed by atoms with E-state index in [1.54, 1.807) is 24.3 Å². The summed E-state index contributed by atoms with van der Waals surface area (Å²) in [7, 11) is -3.99. The van der Waals surface area contributed by atoms with E-state index in [1.165, 1.54) is 12.1 Å². The van der Waals surface area contributed by atoms with Crippen molar-refractivity contribution in [1.82, 2.24) is 5.32 Å². The van der Waals surface area contributed by atoms with Gasteiger partial charge in [-0.15, -0.1) is 0 Å². The standard InChI is InChI=1S/C26H30N2O5S/c1-4-32-23-13-15-25(16-14-23)34(30,31)28(22-9-5-20(2)6-10-22)19-26(29)27-17-18-33-24-11-7-21(3)8-12-24/h5-16H,4,17-19H2,1-3H3,(H,27,29). The molecule has 1 N–H and O–H groups in total. The predicted molar refractivity (Wildman–Crippen MR) is 133 cm³/mol. The second-order valence-electron chi connectivity index (χ2n) is 7.76. The summed E-state index contributed by atoms with van der Waals surface area (Å²) in [5.41, 5.74) is 2.52. The van der Waals surface area contributed by atoms with Gasteiger partial charge in [0.1, 0.15) is 24.7 Å². The van der Waals surface area contributed by atoms with Crippen LogP contribution in [0.2, 0.25) is 0 Å². The van der Waals surface area contributed by atoms with Crippen molar-refractivity contribution >= 4 is 21.6 Å². The van der Waals surface area contributed by atoms with E-state index < -0.39 is 15.9 Å². The molecule has 0 unspecified atom stereocenters. The highest BCUT2D eigenvalue weighted by molar-refractivity contribution is 7.92. The molecule has 0 aromatic heterocycles. The molecule has 0 saturated carbocycles. The monoisotopic (exact) mass is 482 g/mol. The number of sulfonamides is 1. The molecule has 34 heavy (non-hydrogen) atoms. The van der Waals surface area contributed by atoms with Crippen molar-refractivity contribution in [2.45, 2.75) is 25.7 Å². The summed E-state index contributed by atoms with van der Waals surface area (Å²) >= 11 is 0. The zero-order valence-electron chi connectivity index (χ0n) is 19.7. The van der Waals surface area contributed by atoms with Gasteiger partial charge in [0, 0.05) is 0 Å². The average molecular weight is 483 g/mol. The molecule has 3 aromatic rings. The summed E-state index contributed by atoms with van der Waals surface area (Å²) in [5, 5.41) is 2.74. The molecule has 0 heterocycles. The molecule has 8 heteroatoms. The van der Waals surface area contributed by atoms with Gasteiger partial charge in [0.25, 0.3) is 10.0 Å². The number of carbonyl (C=O) groups excluding carboxylic acids is 1. The highest BCUT2D eigenvalue weighted by atomic mass is 32.2. The summed E-state index contributed by atoms with van der Waals surface area (Å²) in [6.45, 7) is 6.40. The van der Waals surface area contributed by atoms with Crippen molar-refractivity contribution in [2.75, 3.05) is 30.6 Å². The van der Waals surface area contributed by atoms with Gasteiger partial charge in [-0.3, -0.25) is 9.10 Å². The fourth-order valence-electron chi connectivity index (χ4n) is 3.21. The number of hydrogen-bond donors (Lipinski definition) is 1. The van der Waals surface area contributed by atoms with Crippen molar-refractivity contribution in [1.29, 1.82) is 0 Å². The number of hydrogen-bond acceptors (Lipinski definition) is 5.